The van der Waals surface area contributed by atoms with Crippen molar-refractivity contribution < 1.29 is 3.89 Å². The number of rotatable bonds is 2. The summed E-state index contributed by atoms with van der Waals surface area (Å²) in [6.45, 7) is 1.70. The number of nitrogens with zero attached hydrogens (tertiary/aromatic N) is 4. The number of halogens is 1. The average Bonchev–Trinajstić information content (AvgIpc) is 3.12. The third-order valence-electron chi connectivity index (χ3n) is 3.73. The first-order chi connectivity index (χ1) is 9.86. The number of H-pyrrole nitrogens is 1. The van der Waals surface area contributed by atoms with E-state index in [1.165, 1.54) is 21.6 Å². The van der Waals surface area contributed by atoms with E-state index in [1.54, 1.807) is 6.20 Å². The zero-order valence-corrected chi connectivity index (χ0v) is 11.4. The van der Waals surface area contributed by atoms with Crippen LogP contribution in [0.25, 0.3) is 11.0 Å². The first-order valence-corrected chi connectivity index (χ1v) is 7.05. The van der Waals surface area contributed by atoms with Gasteiger partial charge in [0.25, 0.3) is 0 Å². The molecule has 1 N–H and O–H groups in total. The second-order valence-electron chi connectivity index (χ2n) is 4.80. The zero-order chi connectivity index (χ0) is 13.5. The first kappa shape index (κ1) is 11.8. The maximum atomic E-state index is 12.8. The maximum absolute atomic E-state index is 12.8. The minimum Gasteiger partial charge on any atom is -0.363 e. The molecular formula is C13H12FN5S. The number of hydrogen-bond acceptors (Lipinski definition) is 4. The van der Waals surface area contributed by atoms with E-state index in [0.29, 0.717) is 5.65 Å². The standard InChI is InChI=1S/C13H12FN5S/c14-20-19-6-3-10-12(16-8-17-13(10)19)18-5-2-9-1-4-15-11(9)7-18/h1,3-4,6,8,15H,2,5,7H2. The highest BCUT2D eigenvalue weighted by molar-refractivity contribution is 7.92. The molecule has 0 bridgehead atoms. The van der Waals surface area contributed by atoms with Gasteiger partial charge in [-0.05, 0) is 24.1 Å². The molecule has 1 aliphatic heterocycles. The molecule has 0 amide bonds. The molecule has 0 fully saturated rings. The summed E-state index contributed by atoms with van der Waals surface area (Å²) < 4.78 is 14.2. The van der Waals surface area contributed by atoms with Crippen LogP contribution < -0.4 is 4.90 Å². The number of aromatic nitrogens is 4. The molecule has 0 spiro atoms. The summed E-state index contributed by atoms with van der Waals surface area (Å²) in [7, 11) is 0. The Kier molecular flexibility index (Phi) is 2.66. The van der Waals surface area contributed by atoms with Crippen LogP contribution in [0.15, 0.2) is 30.9 Å². The van der Waals surface area contributed by atoms with Crippen molar-refractivity contribution in [2.45, 2.75) is 13.0 Å². The Hall–Kier alpha value is -2.02. The monoisotopic (exact) mass is 289 g/mol. The number of nitrogens with one attached hydrogen (secondary N) is 1. The molecule has 0 aliphatic carbocycles. The van der Waals surface area contributed by atoms with Crippen LogP contribution in [0.3, 0.4) is 0 Å². The van der Waals surface area contributed by atoms with E-state index < -0.39 is 0 Å². The summed E-state index contributed by atoms with van der Waals surface area (Å²) in [6, 6.07) is 3.99. The molecule has 7 heteroatoms. The lowest BCUT2D eigenvalue weighted by Crippen LogP contribution is -2.30. The van der Waals surface area contributed by atoms with Crippen molar-refractivity contribution in [2.75, 3.05) is 11.4 Å². The van der Waals surface area contributed by atoms with Crippen LogP contribution in [0.2, 0.25) is 0 Å². The maximum Gasteiger partial charge on any atom is 0.171 e. The molecule has 0 saturated carbocycles. The van der Waals surface area contributed by atoms with Gasteiger partial charge in [0.05, 0.1) is 11.9 Å². The van der Waals surface area contributed by atoms with Gasteiger partial charge in [-0.1, -0.05) is 0 Å². The molecule has 0 atom stereocenters. The van der Waals surface area contributed by atoms with E-state index in [1.807, 2.05) is 12.3 Å². The van der Waals surface area contributed by atoms with Crippen LogP contribution in [0, 0.1) is 0 Å². The number of fused-ring (bicyclic) bond motifs is 2. The van der Waals surface area contributed by atoms with Gasteiger partial charge in [-0.15, -0.1) is 3.89 Å². The van der Waals surface area contributed by atoms with Crippen molar-refractivity contribution in [3.8, 4) is 0 Å². The van der Waals surface area contributed by atoms with E-state index in [2.05, 4.69) is 25.9 Å². The Morgan fingerprint density at radius 1 is 1.30 bits per heavy atom. The summed E-state index contributed by atoms with van der Waals surface area (Å²) in [5, 5.41) is 0.882. The van der Waals surface area contributed by atoms with Gasteiger partial charge in [0.2, 0.25) is 0 Å². The van der Waals surface area contributed by atoms with Gasteiger partial charge in [0.1, 0.15) is 12.1 Å². The minimum atomic E-state index is 0.152. The molecule has 3 aromatic rings. The van der Waals surface area contributed by atoms with Crippen molar-refractivity contribution in [3.05, 3.63) is 42.1 Å². The lowest BCUT2D eigenvalue weighted by Gasteiger charge is -2.28. The van der Waals surface area contributed by atoms with E-state index in [9.17, 15) is 3.89 Å². The Bertz CT molecular complexity index is 765. The fourth-order valence-electron chi connectivity index (χ4n) is 2.75. The normalized spacial score (nSPS) is 14.8. The van der Waals surface area contributed by atoms with Gasteiger partial charge in [-0.2, -0.15) is 0 Å². The highest BCUT2D eigenvalue weighted by Gasteiger charge is 2.21. The molecule has 20 heavy (non-hydrogen) atoms. The summed E-state index contributed by atoms with van der Waals surface area (Å²) in [6.07, 6.45) is 6.13. The molecule has 5 nitrogen and oxygen atoms in total. The highest BCUT2D eigenvalue weighted by atomic mass is 32.2. The predicted octanol–water partition coefficient (Wildman–Crippen LogP) is 2.70. The highest BCUT2D eigenvalue weighted by Crippen LogP contribution is 2.29. The Morgan fingerprint density at radius 2 is 2.25 bits per heavy atom. The Labute approximate surface area is 119 Å². The largest absolute Gasteiger partial charge is 0.363 e. The van der Waals surface area contributed by atoms with E-state index in [4.69, 9.17) is 0 Å². The number of anilines is 1. The molecule has 0 unspecified atom stereocenters. The van der Waals surface area contributed by atoms with Crippen molar-refractivity contribution >= 4 is 29.2 Å². The first-order valence-electron chi connectivity index (χ1n) is 6.38. The fraction of sp³-hybridized carbons (Fsp3) is 0.231. The van der Waals surface area contributed by atoms with Gasteiger partial charge < -0.3 is 9.88 Å². The zero-order valence-electron chi connectivity index (χ0n) is 10.6. The smallest absolute Gasteiger partial charge is 0.171 e. The molecule has 0 radical (unpaired) electrons. The lowest BCUT2D eigenvalue weighted by atomic mass is 10.1. The Morgan fingerprint density at radius 3 is 3.15 bits per heavy atom. The van der Waals surface area contributed by atoms with Crippen molar-refractivity contribution in [1.82, 2.24) is 18.9 Å². The van der Waals surface area contributed by atoms with Gasteiger partial charge in [0, 0.05) is 24.6 Å². The fourth-order valence-corrected chi connectivity index (χ4v) is 3.06. The van der Waals surface area contributed by atoms with E-state index in [-0.39, 0.29) is 12.3 Å². The molecule has 0 saturated heterocycles. The summed E-state index contributed by atoms with van der Waals surface area (Å²) in [4.78, 5) is 14.0. The molecule has 3 aromatic heterocycles. The average molecular weight is 289 g/mol. The van der Waals surface area contributed by atoms with Crippen molar-refractivity contribution in [1.29, 1.82) is 0 Å². The molecule has 0 aromatic carbocycles. The quantitative estimate of drug-likeness (QED) is 0.788. The molecular weight excluding hydrogens is 277 g/mol. The molecule has 1 aliphatic rings. The SMILES string of the molecule is FSn1ccc2c(N3CCc4cc[nH]c4C3)ncnc21. The van der Waals surface area contributed by atoms with Crippen molar-refractivity contribution in [3.63, 3.8) is 0 Å². The van der Waals surface area contributed by atoms with Gasteiger partial charge in [-0.3, -0.25) is 0 Å². The molecule has 102 valence electrons. The second kappa shape index (κ2) is 4.52. The lowest BCUT2D eigenvalue weighted by molar-refractivity contribution is 0.713. The number of aromatic amines is 1. The van der Waals surface area contributed by atoms with Crippen LogP contribution in [0.5, 0.6) is 0 Å². The van der Waals surface area contributed by atoms with Crippen LogP contribution >= 0.6 is 12.3 Å². The van der Waals surface area contributed by atoms with Crippen LogP contribution in [-0.4, -0.2) is 25.5 Å². The summed E-state index contributed by atoms with van der Waals surface area (Å²) in [5.74, 6) is 0.864. The Balaban J connectivity index is 1.78. The third-order valence-corrected chi connectivity index (χ3v) is 4.17. The minimum absolute atomic E-state index is 0.152. The third kappa shape index (κ3) is 1.70. The van der Waals surface area contributed by atoms with Crippen molar-refractivity contribution in [2.24, 2.45) is 0 Å². The summed E-state index contributed by atoms with van der Waals surface area (Å²) >= 11 is 0.152. The topological polar surface area (TPSA) is 49.7 Å². The second-order valence-corrected chi connectivity index (χ2v) is 5.33. The molecule has 4 rings (SSSR count). The van der Waals surface area contributed by atoms with Crippen LogP contribution in [0.1, 0.15) is 11.3 Å². The summed E-state index contributed by atoms with van der Waals surface area (Å²) in [5.41, 5.74) is 3.20. The molecule has 4 heterocycles. The van der Waals surface area contributed by atoms with Crippen LogP contribution in [-0.2, 0) is 13.0 Å². The van der Waals surface area contributed by atoms with Gasteiger partial charge >= 0.3 is 0 Å². The van der Waals surface area contributed by atoms with Crippen LogP contribution in [0.4, 0.5) is 9.70 Å². The van der Waals surface area contributed by atoms with Gasteiger partial charge in [-0.25, -0.2) is 13.9 Å². The number of hydrogen-bond donors (Lipinski definition) is 1. The predicted molar refractivity (Wildman–Crippen MR) is 77.2 cm³/mol. The van der Waals surface area contributed by atoms with E-state index in [0.717, 1.165) is 30.7 Å². The van der Waals surface area contributed by atoms with E-state index >= 15 is 0 Å². The van der Waals surface area contributed by atoms with Gasteiger partial charge in [0.15, 0.2) is 18.0 Å².